The predicted octanol–water partition coefficient (Wildman–Crippen LogP) is 3.80. The molecule has 0 unspecified atom stereocenters. The van der Waals surface area contributed by atoms with Crippen molar-refractivity contribution < 1.29 is 9.53 Å². The average Bonchev–Trinajstić information content (AvgIpc) is 2.47. The van der Waals surface area contributed by atoms with E-state index in [9.17, 15) is 4.79 Å². The summed E-state index contributed by atoms with van der Waals surface area (Å²) in [7, 11) is 1.63. The lowest BCUT2D eigenvalue weighted by atomic mass is 10.0. The first-order valence-corrected chi connectivity index (χ1v) is 7.04. The van der Waals surface area contributed by atoms with Crippen molar-refractivity contribution in [2.75, 3.05) is 7.11 Å². The Morgan fingerprint density at radius 3 is 2.43 bits per heavy atom. The minimum absolute atomic E-state index is 0.0268. The summed E-state index contributed by atoms with van der Waals surface area (Å²) in [5.41, 5.74) is 3.91. The van der Waals surface area contributed by atoms with Gasteiger partial charge in [0.25, 0.3) is 5.91 Å². The molecule has 0 saturated carbocycles. The number of nitrogens with one attached hydrogen (secondary N) is 1. The second-order valence-corrected chi connectivity index (χ2v) is 5.24. The van der Waals surface area contributed by atoms with Gasteiger partial charge in [-0.05, 0) is 55.7 Å². The van der Waals surface area contributed by atoms with Crippen molar-refractivity contribution in [1.29, 1.82) is 0 Å². The second-order valence-electron chi connectivity index (χ2n) is 5.24. The fraction of sp³-hybridized carbons (Fsp3) is 0.278. The lowest BCUT2D eigenvalue weighted by Gasteiger charge is -2.17. The molecule has 2 aromatic carbocycles. The Bertz CT molecular complexity index is 649. The Morgan fingerprint density at radius 2 is 1.81 bits per heavy atom. The van der Waals surface area contributed by atoms with E-state index < -0.39 is 0 Å². The lowest BCUT2D eigenvalue weighted by molar-refractivity contribution is 0.0939. The van der Waals surface area contributed by atoms with Gasteiger partial charge < -0.3 is 10.1 Å². The summed E-state index contributed by atoms with van der Waals surface area (Å²) in [5.74, 6) is 0.718. The fourth-order valence-electron chi connectivity index (χ4n) is 2.45. The molecule has 1 amide bonds. The molecule has 0 fully saturated rings. The summed E-state index contributed by atoms with van der Waals surface area (Å²) in [5, 5.41) is 3.04. The zero-order valence-corrected chi connectivity index (χ0v) is 12.9. The molecule has 0 bridgehead atoms. The maximum Gasteiger partial charge on any atom is 0.251 e. The highest BCUT2D eigenvalue weighted by Gasteiger charge is 2.13. The van der Waals surface area contributed by atoms with E-state index in [4.69, 9.17) is 4.74 Å². The van der Waals surface area contributed by atoms with Crippen LogP contribution in [0.3, 0.4) is 0 Å². The molecule has 0 spiro atoms. The first-order chi connectivity index (χ1) is 10.0. The lowest BCUT2D eigenvalue weighted by Crippen LogP contribution is -2.27. The quantitative estimate of drug-likeness (QED) is 0.926. The highest BCUT2D eigenvalue weighted by atomic mass is 16.5. The van der Waals surface area contributed by atoms with E-state index in [0.717, 1.165) is 16.9 Å². The molecule has 2 aromatic rings. The van der Waals surface area contributed by atoms with Crippen LogP contribution in [0, 0.1) is 13.8 Å². The maximum absolute atomic E-state index is 12.3. The molecule has 1 atom stereocenters. The number of rotatable bonds is 4. The van der Waals surface area contributed by atoms with Gasteiger partial charge in [0.2, 0.25) is 0 Å². The van der Waals surface area contributed by atoms with E-state index in [1.807, 2.05) is 44.2 Å². The van der Waals surface area contributed by atoms with Gasteiger partial charge in [-0.3, -0.25) is 4.79 Å². The van der Waals surface area contributed by atoms with Crippen LogP contribution in [0.2, 0.25) is 0 Å². The molecule has 2 rings (SSSR count). The number of carbonyl (C=O) groups is 1. The number of carbonyl (C=O) groups excluding carboxylic acids is 1. The molecule has 0 aliphatic rings. The van der Waals surface area contributed by atoms with E-state index in [2.05, 4.69) is 18.3 Å². The van der Waals surface area contributed by atoms with Gasteiger partial charge in [0.05, 0.1) is 13.2 Å². The molecule has 0 saturated heterocycles. The van der Waals surface area contributed by atoms with Crippen molar-refractivity contribution in [3.8, 4) is 5.75 Å². The molecule has 0 aliphatic heterocycles. The number of amides is 1. The summed E-state index contributed by atoms with van der Waals surface area (Å²) in [4.78, 5) is 12.3. The predicted molar refractivity (Wildman–Crippen MR) is 84.8 cm³/mol. The topological polar surface area (TPSA) is 38.3 Å². The molecule has 0 heterocycles. The summed E-state index contributed by atoms with van der Waals surface area (Å²) < 4.78 is 5.21. The molecule has 3 heteroatoms. The number of aryl methyl sites for hydroxylation is 2. The molecule has 1 N–H and O–H groups in total. The normalized spacial score (nSPS) is 11.8. The number of hydrogen-bond acceptors (Lipinski definition) is 2. The fourth-order valence-corrected chi connectivity index (χ4v) is 2.45. The van der Waals surface area contributed by atoms with Crippen LogP contribution in [0.15, 0.2) is 42.5 Å². The number of hydrogen-bond donors (Lipinski definition) is 1. The summed E-state index contributed by atoms with van der Waals surface area (Å²) >= 11 is 0. The van der Waals surface area contributed by atoms with Crippen LogP contribution in [0.1, 0.15) is 40.0 Å². The van der Waals surface area contributed by atoms with E-state index in [1.165, 1.54) is 5.56 Å². The molecule has 21 heavy (non-hydrogen) atoms. The van der Waals surface area contributed by atoms with Crippen molar-refractivity contribution in [1.82, 2.24) is 5.32 Å². The minimum atomic E-state index is -0.0727. The minimum Gasteiger partial charge on any atom is -0.496 e. The Balaban J connectivity index is 2.14. The molecule has 110 valence electrons. The van der Waals surface area contributed by atoms with Crippen molar-refractivity contribution in [3.05, 3.63) is 64.7 Å². The molecular formula is C18H21NO2. The monoisotopic (exact) mass is 283 g/mol. The van der Waals surface area contributed by atoms with Crippen molar-refractivity contribution in [2.24, 2.45) is 0 Å². The van der Waals surface area contributed by atoms with Gasteiger partial charge in [0, 0.05) is 5.56 Å². The molecule has 0 radical (unpaired) electrons. The van der Waals surface area contributed by atoms with Gasteiger partial charge in [-0.25, -0.2) is 0 Å². The van der Waals surface area contributed by atoms with Crippen LogP contribution in [0.25, 0.3) is 0 Å². The molecule has 0 aromatic heterocycles. The van der Waals surface area contributed by atoms with Gasteiger partial charge >= 0.3 is 0 Å². The summed E-state index contributed by atoms with van der Waals surface area (Å²) in [6, 6.07) is 13.5. The number of methoxy groups -OCH3 is 1. The second kappa shape index (κ2) is 6.44. The maximum atomic E-state index is 12.3. The van der Waals surface area contributed by atoms with Gasteiger partial charge in [-0.15, -0.1) is 0 Å². The van der Waals surface area contributed by atoms with Gasteiger partial charge in [0.15, 0.2) is 0 Å². The Kier molecular flexibility index (Phi) is 4.63. The Hall–Kier alpha value is -2.29. The third-order valence-corrected chi connectivity index (χ3v) is 3.66. The average molecular weight is 283 g/mol. The highest BCUT2D eigenvalue weighted by molar-refractivity contribution is 5.94. The summed E-state index contributed by atoms with van der Waals surface area (Å²) in [6.07, 6.45) is 0. The smallest absolute Gasteiger partial charge is 0.251 e. The first-order valence-electron chi connectivity index (χ1n) is 7.04. The molecule has 0 aliphatic carbocycles. The standard InChI is InChI=1S/C18H21NO2/c1-12-7-5-6-8-16(12)14(3)19-18(20)15-9-10-17(21-4)13(2)11-15/h5-11,14H,1-4H3,(H,19,20)/t14-/m0/s1. The highest BCUT2D eigenvalue weighted by Crippen LogP contribution is 2.20. The van der Waals surface area contributed by atoms with Crippen LogP contribution >= 0.6 is 0 Å². The third kappa shape index (κ3) is 3.43. The van der Waals surface area contributed by atoms with Crippen LogP contribution < -0.4 is 10.1 Å². The Morgan fingerprint density at radius 1 is 1.10 bits per heavy atom. The Labute approximate surface area is 126 Å². The number of ether oxygens (including phenoxy) is 1. The van der Waals surface area contributed by atoms with Gasteiger partial charge in [-0.1, -0.05) is 24.3 Å². The van der Waals surface area contributed by atoms with Crippen LogP contribution in [0.5, 0.6) is 5.75 Å². The first kappa shape index (κ1) is 15.1. The van der Waals surface area contributed by atoms with E-state index in [-0.39, 0.29) is 11.9 Å². The zero-order chi connectivity index (χ0) is 15.4. The van der Waals surface area contributed by atoms with Crippen molar-refractivity contribution >= 4 is 5.91 Å². The zero-order valence-electron chi connectivity index (χ0n) is 12.9. The largest absolute Gasteiger partial charge is 0.496 e. The van der Waals surface area contributed by atoms with E-state index in [1.54, 1.807) is 13.2 Å². The van der Waals surface area contributed by atoms with Crippen LogP contribution in [-0.2, 0) is 0 Å². The SMILES string of the molecule is COc1ccc(C(=O)N[C@@H](C)c2ccccc2C)cc1C. The molecular weight excluding hydrogens is 262 g/mol. The van der Waals surface area contributed by atoms with Crippen LogP contribution in [0.4, 0.5) is 0 Å². The molecule has 3 nitrogen and oxygen atoms in total. The van der Waals surface area contributed by atoms with Crippen molar-refractivity contribution in [2.45, 2.75) is 26.8 Å². The van der Waals surface area contributed by atoms with E-state index >= 15 is 0 Å². The van der Waals surface area contributed by atoms with E-state index in [0.29, 0.717) is 5.56 Å². The third-order valence-electron chi connectivity index (χ3n) is 3.66. The summed E-state index contributed by atoms with van der Waals surface area (Å²) in [6.45, 7) is 5.98. The van der Waals surface area contributed by atoms with Gasteiger partial charge in [0.1, 0.15) is 5.75 Å². The van der Waals surface area contributed by atoms with Crippen LogP contribution in [-0.4, -0.2) is 13.0 Å². The number of benzene rings is 2. The van der Waals surface area contributed by atoms with Gasteiger partial charge in [-0.2, -0.15) is 0 Å². The van der Waals surface area contributed by atoms with Crippen molar-refractivity contribution in [3.63, 3.8) is 0 Å².